The molecule has 0 spiro atoms. The molecule has 0 heterocycles. The van der Waals surface area contributed by atoms with E-state index in [-0.39, 0.29) is 0 Å². The Morgan fingerprint density at radius 1 is 0.677 bits per heavy atom. The highest BCUT2D eigenvalue weighted by Crippen LogP contribution is 2.36. The minimum atomic E-state index is 0.886. The van der Waals surface area contributed by atoms with Crippen LogP contribution in [0.3, 0.4) is 0 Å². The number of hydrogen-bond donors (Lipinski definition) is 0. The number of unbranched alkanes of at least 4 members (excludes halogenated alkanes) is 1. The monoisotopic (exact) mass is 426 g/mol. The van der Waals surface area contributed by atoms with Crippen LogP contribution in [-0.2, 0) is 6.42 Å². The fourth-order valence-corrected chi connectivity index (χ4v) is 6.39. The fourth-order valence-electron chi connectivity index (χ4n) is 6.39. The lowest BCUT2D eigenvalue weighted by Crippen LogP contribution is -2.20. The van der Waals surface area contributed by atoms with E-state index in [1.807, 2.05) is 0 Å². The molecule has 0 amide bonds. The maximum absolute atomic E-state index is 6.10. The predicted octanol–water partition coefficient (Wildman–Crippen LogP) is 9.38. The van der Waals surface area contributed by atoms with Crippen LogP contribution in [0.25, 0.3) is 0 Å². The molecular formula is C30H50O. The van der Waals surface area contributed by atoms with Crippen LogP contribution in [-0.4, -0.2) is 6.61 Å². The van der Waals surface area contributed by atoms with Gasteiger partial charge in [-0.2, -0.15) is 0 Å². The summed E-state index contributed by atoms with van der Waals surface area (Å²) in [4.78, 5) is 0. The molecule has 1 heteroatoms. The highest BCUT2D eigenvalue weighted by molar-refractivity contribution is 5.27. The van der Waals surface area contributed by atoms with Gasteiger partial charge >= 0.3 is 0 Å². The lowest BCUT2D eigenvalue weighted by Gasteiger charge is -2.31. The SMILES string of the molecule is CCCCC1CCCCC1CCCOc1ccc(CCC2CCC(CCC)CC2)cc1. The summed E-state index contributed by atoms with van der Waals surface area (Å²) in [6.45, 7) is 5.55. The van der Waals surface area contributed by atoms with Gasteiger partial charge in [0.15, 0.2) is 0 Å². The van der Waals surface area contributed by atoms with Gasteiger partial charge in [0, 0.05) is 0 Å². The van der Waals surface area contributed by atoms with Crippen LogP contribution in [0.1, 0.15) is 122 Å². The van der Waals surface area contributed by atoms with Gasteiger partial charge in [-0.15, -0.1) is 0 Å². The summed E-state index contributed by atoms with van der Waals surface area (Å²) < 4.78 is 6.10. The Kier molecular flexibility index (Phi) is 11.3. The van der Waals surface area contributed by atoms with Crippen LogP contribution in [0.5, 0.6) is 5.75 Å². The maximum atomic E-state index is 6.10. The molecule has 3 rings (SSSR count). The van der Waals surface area contributed by atoms with E-state index in [2.05, 4.69) is 38.1 Å². The second-order valence-corrected chi connectivity index (χ2v) is 10.8. The highest BCUT2D eigenvalue weighted by Gasteiger charge is 2.24. The normalized spacial score (nSPS) is 26.6. The third-order valence-corrected chi connectivity index (χ3v) is 8.41. The van der Waals surface area contributed by atoms with Gasteiger partial charge in [-0.05, 0) is 67.1 Å². The first-order valence-electron chi connectivity index (χ1n) is 14.0. The van der Waals surface area contributed by atoms with Crippen LogP contribution in [0.2, 0.25) is 0 Å². The Bertz CT molecular complexity index is 569. The highest BCUT2D eigenvalue weighted by atomic mass is 16.5. The second kappa shape index (κ2) is 14.2. The minimum Gasteiger partial charge on any atom is -0.494 e. The van der Waals surface area contributed by atoms with Crippen molar-refractivity contribution in [2.24, 2.45) is 23.7 Å². The average molecular weight is 427 g/mol. The van der Waals surface area contributed by atoms with Crippen molar-refractivity contribution < 1.29 is 4.74 Å². The van der Waals surface area contributed by atoms with Crippen molar-refractivity contribution in [1.82, 2.24) is 0 Å². The molecule has 0 N–H and O–H groups in total. The van der Waals surface area contributed by atoms with Crippen LogP contribution < -0.4 is 4.74 Å². The third kappa shape index (κ3) is 8.82. The minimum absolute atomic E-state index is 0.886. The van der Waals surface area contributed by atoms with Crippen LogP contribution in [0, 0.1) is 23.7 Å². The first-order chi connectivity index (χ1) is 15.3. The molecule has 0 saturated heterocycles. The summed E-state index contributed by atoms with van der Waals surface area (Å²) in [5, 5.41) is 0. The lowest BCUT2D eigenvalue weighted by atomic mass is 9.75. The van der Waals surface area contributed by atoms with Crippen molar-refractivity contribution in [1.29, 1.82) is 0 Å². The molecule has 0 aliphatic heterocycles. The molecule has 0 radical (unpaired) electrons. The fraction of sp³-hybridized carbons (Fsp3) is 0.800. The topological polar surface area (TPSA) is 9.23 Å². The van der Waals surface area contributed by atoms with Gasteiger partial charge in [0.05, 0.1) is 6.61 Å². The second-order valence-electron chi connectivity index (χ2n) is 10.8. The Morgan fingerprint density at radius 3 is 1.90 bits per heavy atom. The summed E-state index contributed by atoms with van der Waals surface area (Å²) in [5.74, 6) is 5.01. The van der Waals surface area contributed by atoms with E-state index in [0.29, 0.717) is 0 Å². The molecule has 31 heavy (non-hydrogen) atoms. The Balaban J connectivity index is 1.30. The van der Waals surface area contributed by atoms with Crippen molar-refractivity contribution >= 4 is 0 Å². The van der Waals surface area contributed by atoms with Crippen LogP contribution >= 0.6 is 0 Å². The molecule has 176 valence electrons. The van der Waals surface area contributed by atoms with E-state index in [0.717, 1.165) is 36.0 Å². The largest absolute Gasteiger partial charge is 0.494 e. The number of benzene rings is 1. The van der Waals surface area contributed by atoms with Gasteiger partial charge in [-0.3, -0.25) is 0 Å². The van der Waals surface area contributed by atoms with E-state index in [1.165, 1.54) is 115 Å². The third-order valence-electron chi connectivity index (χ3n) is 8.41. The predicted molar refractivity (Wildman–Crippen MR) is 135 cm³/mol. The number of aryl methyl sites for hydroxylation is 1. The molecule has 2 aliphatic rings. The quantitative estimate of drug-likeness (QED) is 0.285. The van der Waals surface area contributed by atoms with Gasteiger partial charge in [0.25, 0.3) is 0 Å². The molecule has 0 aromatic heterocycles. The first kappa shape index (κ1) is 24.7. The average Bonchev–Trinajstić information content (AvgIpc) is 2.81. The maximum Gasteiger partial charge on any atom is 0.119 e. The summed E-state index contributed by atoms with van der Waals surface area (Å²) in [6, 6.07) is 9.02. The van der Waals surface area contributed by atoms with Gasteiger partial charge in [-0.1, -0.05) is 109 Å². The van der Waals surface area contributed by atoms with E-state index in [4.69, 9.17) is 4.74 Å². The van der Waals surface area contributed by atoms with Crippen molar-refractivity contribution in [3.05, 3.63) is 29.8 Å². The molecule has 1 aromatic rings. The van der Waals surface area contributed by atoms with Gasteiger partial charge in [0.2, 0.25) is 0 Å². The zero-order valence-electron chi connectivity index (χ0n) is 20.8. The molecular weight excluding hydrogens is 376 g/mol. The molecule has 2 fully saturated rings. The smallest absolute Gasteiger partial charge is 0.119 e. The van der Waals surface area contributed by atoms with E-state index < -0.39 is 0 Å². The van der Waals surface area contributed by atoms with Crippen molar-refractivity contribution in [2.45, 2.75) is 123 Å². The summed E-state index contributed by atoms with van der Waals surface area (Å²) in [7, 11) is 0. The van der Waals surface area contributed by atoms with Crippen molar-refractivity contribution in [3.8, 4) is 5.75 Å². The van der Waals surface area contributed by atoms with E-state index in [9.17, 15) is 0 Å². The molecule has 1 nitrogen and oxygen atoms in total. The Hall–Kier alpha value is -0.980. The Labute approximate surface area is 193 Å². The number of rotatable bonds is 13. The van der Waals surface area contributed by atoms with Crippen LogP contribution in [0.15, 0.2) is 24.3 Å². The van der Waals surface area contributed by atoms with E-state index in [1.54, 1.807) is 0 Å². The Morgan fingerprint density at radius 2 is 1.29 bits per heavy atom. The van der Waals surface area contributed by atoms with Gasteiger partial charge < -0.3 is 4.74 Å². The molecule has 0 bridgehead atoms. The van der Waals surface area contributed by atoms with E-state index >= 15 is 0 Å². The van der Waals surface area contributed by atoms with Crippen molar-refractivity contribution in [3.63, 3.8) is 0 Å². The summed E-state index contributed by atoms with van der Waals surface area (Å²) in [5.41, 5.74) is 1.49. The lowest BCUT2D eigenvalue weighted by molar-refractivity contribution is 0.191. The zero-order valence-corrected chi connectivity index (χ0v) is 20.8. The molecule has 2 atom stereocenters. The molecule has 2 saturated carbocycles. The first-order valence-corrected chi connectivity index (χ1v) is 14.0. The standard InChI is InChI=1S/C30H50O/c1-3-5-10-28-11-6-7-12-29(28)13-8-24-31-30-22-20-27(21-23-30)19-18-26-16-14-25(9-4-2)15-17-26/h20-23,25-26,28-29H,3-19,24H2,1-2H3. The van der Waals surface area contributed by atoms with Gasteiger partial charge in [0.1, 0.15) is 5.75 Å². The summed E-state index contributed by atoms with van der Waals surface area (Å²) >= 11 is 0. The van der Waals surface area contributed by atoms with Gasteiger partial charge in [-0.25, -0.2) is 0 Å². The zero-order chi connectivity index (χ0) is 21.7. The molecule has 1 aromatic carbocycles. The molecule has 2 aliphatic carbocycles. The van der Waals surface area contributed by atoms with Crippen molar-refractivity contribution in [2.75, 3.05) is 6.61 Å². The summed E-state index contributed by atoms with van der Waals surface area (Å²) in [6.07, 6.45) is 24.0. The van der Waals surface area contributed by atoms with Crippen LogP contribution in [0.4, 0.5) is 0 Å². The number of ether oxygens (including phenoxy) is 1. The molecule has 2 unspecified atom stereocenters. The number of hydrogen-bond acceptors (Lipinski definition) is 1.